The van der Waals surface area contributed by atoms with Gasteiger partial charge in [-0.1, -0.05) is 11.6 Å². The Hall–Kier alpha value is -2.76. The van der Waals surface area contributed by atoms with E-state index in [0.29, 0.717) is 10.6 Å². The standard InChI is InChI=1S/C18H20ClFN6O3S/c1-3-26-17(21)25-18(22,9-30(26,28)29)13-7-12(4-5-14(13)20)24-16(27)15-10(2)6-11(19)8-23-15/h4-8H,3,9,22H2,1-2H3,(H2,21,25)(H,24,27)/t18-/m0/s1. The number of rotatable bonds is 4. The Morgan fingerprint density at radius 3 is 2.77 bits per heavy atom. The van der Waals surface area contributed by atoms with Crippen LogP contribution in [0.5, 0.6) is 0 Å². The lowest BCUT2D eigenvalue weighted by atomic mass is 10.0. The lowest BCUT2D eigenvalue weighted by Gasteiger charge is -2.41. The quantitative estimate of drug-likeness (QED) is 0.554. The highest BCUT2D eigenvalue weighted by Crippen LogP contribution is 2.28. The summed E-state index contributed by atoms with van der Waals surface area (Å²) in [6.07, 6.45) is 1.33. The number of anilines is 1. The number of carbonyl (C=O) groups excluding carboxylic acids is 1. The van der Waals surface area contributed by atoms with Crippen LogP contribution in [-0.2, 0) is 15.7 Å². The molecular weight excluding hydrogens is 435 g/mol. The highest BCUT2D eigenvalue weighted by molar-refractivity contribution is 7.89. The fourth-order valence-corrected chi connectivity index (χ4v) is 5.12. The number of aromatic nitrogens is 1. The van der Waals surface area contributed by atoms with Crippen molar-refractivity contribution in [2.45, 2.75) is 19.5 Å². The number of aryl methyl sites for hydroxylation is 1. The van der Waals surface area contributed by atoms with E-state index >= 15 is 0 Å². The van der Waals surface area contributed by atoms with Crippen LogP contribution in [0, 0.1) is 18.2 Å². The molecule has 12 heteroatoms. The Morgan fingerprint density at radius 2 is 2.17 bits per heavy atom. The smallest absolute Gasteiger partial charge is 0.274 e. The largest absolute Gasteiger partial charge is 0.333 e. The maximum absolute atomic E-state index is 14.6. The first-order chi connectivity index (χ1) is 14.0. The van der Waals surface area contributed by atoms with Crippen LogP contribution in [0.1, 0.15) is 28.5 Å². The Kier molecular flexibility index (Phi) is 5.72. The number of sulfonamides is 1. The molecule has 1 aliphatic heterocycles. The second-order valence-electron chi connectivity index (χ2n) is 6.83. The predicted octanol–water partition coefficient (Wildman–Crippen LogP) is 1.74. The maximum atomic E-state index is 14.6. The highest BCUT2D eigenvalue weighted by Gasteiger charge is 2.44. The average Bonchev–Trinajstić information content (AvgIpc) is 2.61. The summed E-state index contributed by atoms with van der Waals surface area (Å²) in [5.74, 6) is -2.46. The van der Waals surface area contributed by atoms with Gasteiger partial charge in [0.25, 0.3) is 5.91 Å². The van der Waals surface area contributed by atoms with E-state index in [2.05, 4.69) is 15.6 Å². The molecule has 0 saturated carbocycles. The highest BCUT2D eigenvalue weighted by atomic mass is 35.5. The number of nitrogens with two attached hydrogens (primary N) is 1. The van der Waals surface area contributed by atoms with E-state index in [4.69, 9.17) is 22.7 Å². The van der Waals surface area contributed by atoms with Crippen LogP contribution < -0.4 is 16.4 Å². The molecule has 1 aliphatic rings. The summed E-state index contributed by atoms with van der Waals surface area (Å²) in [5.41, 5.74) is 4.95. The van der Waals surface area contributed by atoms with Crippen LogP contribution in [0.3, 0.4) is 0 Å². The molecule has 0 radical (unpaired) electrons. The molecule has 9 nitrogen and oxygen atoms in total. The zero-order valence-corrected chi connectivity index (χ0v) is 17.7. The average molecular weight is 455 g/mol. The van der Waals surface area contributed by atoms with Gasteiger partial charge in [-0.25, -0.2) is 22.1 Å². The molecule has 160 valence electrons. The fourth-order valence-electron chi connectivity index (χ4n) is 3.23. The minimum atomic E-state index is -3.94. The molecule has 1 saturated heterocycles. The summed E-state index contributed by atoms with van der Waals surface area (Å²) in [7, 11) is -3.94. The molecule has 2 heterocycles. The third kappa shape index (κ3) is 4.09. The zero-order valence-electron chi connectivity index (χ0n) is 16.2. The molecule has 30 heavy (non-hydrogen) atoms. The van der Waals surface area contributed by atoms with Crippen molar-refractivity contribution in [3.8, 4) is 0 Å². The SMILES string of the molecule is CCN1C(=N)N[C@](N)(c2cc(NC(=O)c3ncc(Cl)cc3C)ccc2F)CS1(=O)=O. The number of amides is 1. The van der Waals surface area contributed by atoms with E-state index in [-0.39, 0.29) is 23.5 Å². The Morgan fingerprint density at radius 1 is 1.47 bits per heavy atom. The van der Waals surface area contributed by atoms with E-state index in [1.54, 1.807) is 19.9 Å². The minimum absolute atomic E-state index is 0.0380. The molecule has 0 spiro atoms. The normalized spacial score (nSPS) is 20.6. The maximum Gasteiger partial charge on any atom is 0.274 e. The molecule has 1 aromatic carbocycles. The number of pyridine rings is 1. The van der Waals surface area contributed by atoms with Crippen molar-refractivity contribution >= 4 is 39.2 Å². The third-order valence-corrected chi connectivity index (χ3v) is 6.73. The molecule has 1 amide bonds. The Bertz CT molecular complexity index is 1140. The number of guanidine groups is 1. The van der Waals surface area contributed by atoms with Crippen LogP contribution in [0.25, 0.3) is 0 Å². The van der Waals surface area contributed by atoms with Gasteiger partial charge in [-0.05, 0) is 43.7 Å². The van der Waals surface area contributed by atoms with Gasteiger partial charge >= 0.3 is 0 Å². The molecular formula is C18H20ClFN6O3S. The molecule has 1 aromatic heterocycles. The summed E-state index contributed by atoms with van der Waals surface area (Å²) in [6, 6.07) is 5.18. The van der Waals surface area contributed by atoms with Crippen molar-refractivity contribution in [2.24, 2.45) is 5.73 Å². The van der Waals surface area contributed by atoms with Gasteiger partial charge in [-0.2, -0.15) is 0 Å². The second kappa shape index (κ2) is 7.82. The first-order valence-corrected chi connectivity index (χ1v) is 10.8. The zero-order chi connectivity index (χ0) is 22.3. The van der Waals surface area contributed by atoms with E-state index in [1.165, 1.54) is 18.3 Å². The number of hydrogen-bond donors (Lipinski definition) is 4. The fraction of sp³-hybridized carbons (Fsp3) is 0.278. The van der Waals surface area contributed by atoms with Crippen molar-refractivity contribution in [3.05, 3.63) is 58.1 Å². The number of carbonyl (C=O) groups is 1. The van der Waals surface area contributed by atoms with Gasteiger partial charge in [0.05, 0.1) is 5.02 Å². The van der Waals surface area contributed by atoms with Crippen molar-refractivity contribution < 1.29 is 17.6 Å². The third-order valence-electron chi connectivity index (χ3n) is 4.59. The summed E-state index contributed by atoms with van der Waals surface area (Å²) >= 11 is 5.85. The number of halogens is 2. The van der Waals surface area contributed by atoms with Crippen molar-refractivity contribution in [1.29, 1.82) is 5.41 Å². The van der Waals surface area contributed by atoms with Crippen LogP contribution in [0.4, 0.5) is 10.1 Å². The molecule has 1 fully saturated rings. The van der Waals surface area contributed by atoms with Crippen LogP contribution in [0.15, 0.2) is 30.5 Å². The molecule has 0 bridgehead atoms. The van der Waals surface area contributed by atoms with Gasteiger partial charge in [0.2, 0.25) is 16.0 Å². The molecule has 1 atom stereocenters. The van der Waals surface area contributed by atoms with Crippen LogP contribution >= 0.6 is 11.6 Å². The summed E-state index contributed by atoms with van der Waals surface area (Å²) in [6.45, 7) is 3.28. The van der Waals surface area contributed by atoms with E-state index in [9.17, 15) is 17.6 Å². The van der Waals surface area contributed by atoms with Crippen molar-refractivity contribution in [2.75, 3.05) is 17.6 Å². The molecule has 3 rings (SSSR count). The molecule has 0 aliphatic carbocycles. The number of hydrogen-bond acceptors (Lipinski definition) is 6. The van der Waals surface area contributed by atoms with Gasteiger partial charge in [-0.15, -0.1) is 0 Å². The number of nitrogens with zero attached hydrogens (tertiary/aromatic N) is 2. The van der Waals surface area contributed by atoms with Crippen molar-refractivity contribution in [1.82, 2.24) is 14.6 Å². The first-order valence-electron chi connectivity index (χ1n) is 8.86. The molecule has 2 aromatic rings. The summed E-state index contributed by atoms with van der Waals surface area (Å²) < 4.78 is 40.4. The van der Waals surface area contributed by atoms with Gasteiger partial charge < -0.3 is 16.4 Å². The number of benzene rings is 1. The van der Waals surface area contributed by atoms with E-state index < -0.39 is 39.1 Å². The second-order valence-corrected chi connectivity index (χ2v) is 9.16. The first kappa shape index (κ1) is 21.9. The van der Waals surface area contributed by atoms with Gasteiger partial charge in [0, 0.05) is 24.0 Å². The topological polar surface area (TPSA) is 141 Å². The molecule has 5 N–H and O–H groups in total. The van der Waals surface area contributed by atoms with E-state index in [1.807, 2.05) is 0 Å². The summed E-state index contributed by atoms with van der Waals surface area (Å²) in [4.78, 5) is 16.5. The molecule has 0 unspecified atom stereocenters. The lowest BCUT2D eigenvalue weighted by molar-refractivity contribution is 0.102. The monoisotopic (exact) mass is 454 g/mol. The van der Waals surface area contributed by atoms with Crippen LogP contribution in [0.2, 0.25) is 5.02 Å². The Balaban J connectivity index is 1.94. The minimum Gasteiger partial charge on any atom is -0.333 e. The lowest BCUT2D eigenvalue weighted by Crippen LogP contribution is -2.67. The van der Waals surface area contributed by atoms with E-state index in [0.717, 1.165) is 10.4 Å². The van der Waals surface area contributed by atoms with Gasteiger partial charge in [0.15, 0.2) is 0 Å². The van der Waals surface area contributed by atoms with Gasteiger partial charge in [0.1, 0.15) is 22.9 Å². The van der Waals surface area contributed by atoms with Crippen LogP contribution in [-0.4, -0.2) is 41.9 Å². The predicted molar refractivity (Wildman–Crippen MR) is 111 cm³/mol. The Labute approximate surface area is 178 Å². The van der Waals surface area contributed by atoms with Gasteiger partial charge in [-0.3, -0.25) is 10.2 Å². The number of nitrogens with one attached hydrogen (secondary N) is 3. The summed E-state index contributed by atoms with van der Waals surface area (Å²) in [5, 5.41) is 13.5. The van der Waals surface area contributed by atoms with Crippen molar-refractivity contribution in [3.63, 3.8) is 0 Å².